The van der Waals surface area contributed by atoms with Gasteiger partial charge in [-0.25, -0.2) is 9.59 Å². The second-order valence-electron chi connectivity index (χ2n) is 15.2. The Hall–Kier alpha value is -3.38. The van der Waals surface area contributed by atoms with Crippen LogP contribution in [-0.4, -0.2) is 90.4 Å². The summed E-state index contributed by atoms with van der Waals surface area (Å²) < 4.78 is 5.35. The number of ether oxygens (including phenoxy) is 1. The molecular formula is C35H60N6O7. The molecule has 0 spiro atoms. The fraction of sp³-hybridized carbons (Fsp3) is 0.829. The van der Waals surface area contributed by atoms with Crippen LogP contribution in [0.25, 0.3) is 0 Å². The van der Waals surface area contributed by atoms with Crippen LogP contribution in [0, 0.1) is 16.7 Å². The number of alkyl carbamates (subject to hydrolysis) is 1. The van der Waals surface area contributed by atoms with E-state index in [4.69, 9.17) is 4.74 Å². The molecule has 13 nitrogen and oxygen atoms in total. The number of amides is 6. The van der Waals surface area contributed by atoms with Gasteiger partial charge < -0.3 is 36.2 Å². The van der Waals surface area contributed by atoms with Gasteiger partial charge in [-0.05, 0) is 62.2 Å². The quantitative estimate of drug-likeness (QED) is 0.165. The van der Waals surface area contributed by atoms with E-state index in [-0.39, 0.29) is 24.5 Å². The molecule has 0 radical (unpaired) electrons. The Labute approximate surface area is 286 Å². The zero-order valence-electron chi connectivity index (χ0n) is 30.2. The summed E-state index contributed by atoms with van der Waals surface area (Å²) in [6.07, 6.45) is 7.59. The van der Waals surface area contributed by atoms with Crippen LogP contribution in [0.3, 0.4) is 0 Å². The van der Waals surface area contributed by atoms with Crippen LogP contribution in [0.2, 0.25) is 0 Å². The Bertz CT molecular complexity index is 1160. The number of nitrogens with one attached hydrogen (secondary N) is 5. The third-order valence-corrected chi connectivity index (χ3v) is 10.2. The van der Waals surface area contributed by atoms with E-state index >= 15 is 0 Å². The highest BCUT2D eigenvalue weighted by atomic mass is 16.5. The molecule has 5 N–H and O–H groups in total. The lowest BCUT2D eigenvalue weighted by Gasteiger charge is -2.43. The normalized spacial score (nSPS) is 22.4. The highest BCUT2D eigenvalue weighted by molar-refractivity contribution is 6.38. The van der Waals surface area contributed by atoms with Crippen molar-refractivity contribution in [3.05, 3.63) is 0 Å². The van der Waals surface area contributed by atoms with Gasteiger partial charge >= 0.3 is 12.1 Å². The smallest absolute Gasteiger partial charge is 0.407 e. The van der Waals surface area contributed by atoms with Crippen molar-refractivity contribution < 1.29 is 33.5 Å². The zero-order chi connectivity index (χ0) is 35.6. The topological polar surface area (TPSA) is 175 Å². The molecule has 0 aromatic heterocycles. The predicted octanol–water partition coefficient (Wildman–Crippen LogP) is 3.55. The molecule has 2 saturated carbocycles. The average molecular weight is 677 g/mol. The van der Waals surface area contributed by atoms with Crippen LogP contribution >= 0.6 is 0 Å². The highest BCUT2D eigenvalue weighted by Crippen LogP contribution is 2.41. The van der Waals surface area contributed by atoms with Crippen molar-refractivity contribution in [1.29, 1.82) is 0 Å². The molecule has 1 heterocycles. The summed E-state index contributed by atoms with van der Waals surface area (Å²) in [6, 6.07) is -3.82. The minimum atomic E-state index is -0.983. The molecule has 1 saturated heterocycles. The van der Waals surface area contributed by atoms with Gasteiger partial charge in [-0.15, -0.1) is 0 Å². The summed E-state index contributed by atoms with van der Waals surface area (Å²) in [4.78, 5) is 81.5. The number of carbonyl (C=O) groups excluding carboxylic acids is 6. The van der Waals surface area contributed by atoms with Crippen molar-refractivity contribution in [1.82, 2.24) is 31.5 Å². The fourth-order valence-electron chi connectivity index (χ4n) is 6.89. The Morgan fingerprint density at radius 2 is 1.58 bits per heavy atom. The molecule has 3 aliphatic rings. The average Bonchev–Trinajstić information content (AvgIpc) is 3.74. The molecule has 272 valence electrons. The molecule has 2 aliphatic carbocycles. The SMILES string of the molecule is CCCC(NC(=O)C1[C@@H](CC)CCN1C(=O)C(NC(=O)N[C@H](COC(=O)NCC)C(C)(C)C)C1(C)CCCCC1)C(=O)C(=O)NC1CC1. The van der Waals surface area contributed by atoms with Gasteiger partial charge in [-0.2, -0.15) is 0 Å². The maximum absolute atomic E-state index is 14.6. The molecule has 13 heteroatoms. The Balaban J connectivity index is 1.83. The van der Waals surface area contributed by atoms with Crippen LogP contribution < -0.4 is 26.6 Å². The molecule has 0 bridgehead atoms. The number of hydrogen-bond acceptors (Lipinski definition) is 7. The van der Waals surface area contributed by atoms with Crippen LogP contribution in [0.4, 0.5) is 9.59 Å². The first-order valence-corrected chi connectivity index (χ1v) is 18.1. The van der Waals surface area contributed by atoms with Gasteiger partial charge in [0.05, 0.1) is 12.1 Å². The third kappa shape index (κ3) is 10.6. The number of nitrogens with zero attached hydrogens (tertiary/aromatic N) is 1. The molecule has 0 aromatic carbocycles. The molecule has 48 heavy (non-hydrogen) atoms. The second-order valence-corrected chi connectivity index (χ2v) is 15.2. The van der Waals surface area contributed by atoms with Crippen molar-refractivity contribution in [2.24, 2.45) is 16.7 Å². The number of Topliss-reactive ketones (excluding diaryl/α,β-unsaturated/α-hetero) is 1. The number of urea groups is 1. The first-order chi connectivity index (χ1) is 22.6. The zero-order valence-corrected chi connectivity index (χ0v) is 30.2. The Morgan fingerprint density at radius 1 is 0.917 bits per heavy atom. The lowest BCUT2D eigenvalue weighted by molar-refractivity contribution is -0.145. The largest absolute Gasteiger partial charge is 0.447 e. The minimum absolute atomic E-state index is 0.0152. The van der Waals surface area contributed by atoms with Gasteiger partial charge in [0.25, 0.3) is 5.91 Å². The first-order valence-electron chi connectivity index (χ1n) is 18.1. The van der Waals surface area contributed by atoms with E-state index in [1.807, 2.05) is 41.5 Å². The number of likely N-dealkylation sites (tertiary alicyclic amines) is 1. The number of carbonyl (C=O) groups is 6. The van der Waals surface area contributed by atoms with E-state index in [0.29, 0.717) is 38.8 Å². The van der Waals surface area contributed by atoms with E-state index in [1.165, 1.54) is 0 Å². The molecule has 3 rings (SSSR count). The van der Waals surface area contributed by atoms with E-state index in [2.05, 4.69) is 26.6 Å². The lowest BCUT2D eigenvalue weighted by Crippen LogP contribution is -2.63. The standard InChI is InChI=1S/C35H60N6O7/c1-8-14-24(27(42)30(44)37-23-15-16-23)38-29(43)26-22(9-2)17-20-41(26)31(45)28(35(7)18-12-11-13-19-35)40-32(46)39-25(34(4,5)6)21-48-33(47)36-10-3/h22-26,28H,8-21H2,1-7H3,(H,36,47)(H,37,44)(H,38,43)(H2,39,40,46)/t22-,24?,25+,26?,28?/m0/s1. The van der Waals surface area contributed by atoms with E-state index < -0.39 is 64.7 Å². The third-order valence-electron chi connectivity index (χ3n) is 10.2. The Kier molecular flexibility index (Phi) is 14.1. The van der Waals surface area contributed by atoms with Crippen LogP contribution in [0.15, 0.2) is 0 Å². The van der Waals surface area contributed by atoms with Gasteiger partial charge in [-0.1, -0.05) is 73.6 Å². The maximum Gasteiger partial charge on any atom is 0.407 e. The Morgan fingerprint density at radius 3 is 2.15 bits per heavy atom. The molecule has 5 atom stereocenters. The fourth-order valence-corrected chi connectivity index (χ4v) is 6.89. The van der Waals surface area contributed by atoms with Crippen molar-refractivity contribution in [2.45, 2.75) is 149 Å². The van der Waals surface area contributed by atoms with Crippen molar-refractivity contribution >= 4 is 35.6 Å². The van der Waals surface area contributed by atoms with Crippen LogP contribution in [-0.2, 0) is 23.9 Å². The van der Waals surface area contributed by atoms with Gasteiger partial charge in [0.15, 0.2) is 0 Å². The first kappa shape index (κ1) is 39.1. The molecular weight excluding hydrogens is 616 g/mol. The van der Waals surface area contributed by atoms with Crippen LogP contribution in [0.1, 0.15) is 119 Å². The predicted molar refractivity (Wildman–Crippen MR) is 182 cm³/mol. The molecule has 1 aliphatic heterocycles. The van der Waals surface area contributed by atoms with Crippen molar-refractivity contribution in [3.63, 3.8) is 0 Å². The van der Waals surface area contributed by atoms with E-state index in [1.54, 1.807) is 11.8 Å². The number of ketones is 1. The van der Waals surface area contributed by atoms with E-state index in [9.17, 15) is 28.8 Å². The highest BCUT2D eigenvalue weighted by Gasteiger charge is 2.49. The van der Waals surface area contributed by atoms with Gasteiger partial charge in [0.1, 0.15) is 18.7 Å². The maximum atomic E-state index is 14.6. The van der Waals surface area contributed by atoms with Crippen molar-refractivity contribution in [2.75, 3.05) is 19.7 Å². The molecule has 3 unspecified atom stereocenters. The van der Waals surface area contributed by atoms with E-state index in [0.717, 1.165) is 44.9 Å². The van der Waals surface area contributed by atoms with Gasteiger partial charge in [0.2, 0.25) is 17.6 Å². The summed E-state index contributed by atoms with van der Waals surface area (Å²) in [6.45, 7) is 14.1. The van der Waals surface area contributed by atoms with Gasteiger partial charge in [0, 0.05) is 19.1 Å². The number of rotatable bonds is 15. The molecule has 6 amide bonds. The summed E-state index contributed by atoms with van der Waals surface area (Å²) in [5.41, 5.74) is -1.01. The number of hydrogen-bond donors (Lipinski definition) is 5. The second kappa shape index (κ2) is 17.3. The summed E-state index contributed by atoms with van der Waals surface area (Å²) in [7, 11) is 0. The van der Waals surface area contributed by atoms with Crippen LogP contribution in [0.5, 0.6) is 0 Å². The summed E-state index contributed by atoms with van der Waals surface area (Å²) in [5.74, 6) is -2.28. The molecule has 0 aromatic rings. The monoisotopic (exact) mass is 676 g/mol. The minimum Gasteiger partial charge on any atom is -0.447 e. The lowest BCUT2D eigenvalue weighted by atomic mass is 9.70. The summed E-state index contributed by atoms with van der Waals surface area (Å²) in [5, 5.41) is 14.1. The molecule has 3 fully saturated rings. The summed E-state index contributed by atoms with van der Waals surface area (Å²) >= 11 is 0. The van der Waals surface area contributed by atoms with Gasteiger partial charge in [-0.3, -0.25) is 19.2 Å². The van der Waals surface area contributed by atoms with Crippen molar-refractivity contribution in [3.8, 4) is 0 Å².